The molecule has 1 aromatic carbocycles. The Morgan fingerprint density at radius 2 is 2.33 bits per heavy atom. The Hall–Kier alpha value is -1.03. The van der Waals surface area contributed by atoms with E-state index >= 15 is 0 Å². The molecule has 1 aliphatic rings. The molecule has 3 nitrogen and oxygen atoms in total. The minimum Gasteiger partial charge on any atom is -0.492 e. The normalized spacial score (nSPS) is 14.0. The number of benzene rings is 1. The van der Waals surface area contributed by atoms with Crippen LogP contribution in [0.2, 0.25) is 0 Å². The lowest BCUT2D eigenvalue weighted by molar-refractivity contribution is 0.0598. The fraction of sp³-hybridized carbons (Fsp3) is 0.364. The SMILES string of the molecule is COC(=O)c1ccc(Br)c2c1CCCO2. The van der Waals surface area contributed by atoms with E-state index in [-0.39, 0.29) is 5.97 Å². The third kappa shape index (κ3) is 1.86. The van der Waals surface area contributed by atoms with Gasteiger partial charge in [0.05, 0.1) is 23.8 Å². The third-order valence-electron chi connectivity index (χ3n) is 2.44. The summed E-state index contributed by atoms with van der Waals surface area (Å²) in [7, 11) is 1.39. The molecule has 0 atom stereocenters. The second-order valence-corrected chi connectivity index (χ2v) is 4.20. The predicted octanol–water partition coefficient (Wildman–Crippen LogP) is 2.56. The van der Waals surface area contributed by atoms with Gasteiger partial charge in [0.2, 0.25) is 0 Å². The molecule has 0 bridgehead atoms. The zero-order valence-electron chi connectivity index (χ0n) is 8.38. The van der Waals surface area contributed by atoms with E-state index < -0.39 is 0 Å². The zero-order valence-corrected chi connectivity index (χ0v) is 9.96. The maximum atomic E-state index is 11.5. The first-order valence-electron chi connectivity index (χ1n) is 4.76. The minimum atomic E-state index is -0.302. The quantitative estimate of drug-likeness (QED) is 0.736. The van der Waals surface area contributed by atoms with Crippen molar-refractivity contribution < 1.29 is 14.3 Å². The van der Waals surface area contributed by atoms with Crippen molar-refractivity contribution in [1.82, 2.24) is 0 Å². The molecule has 4 heteroatoms. The van der Waals surface area contributed by atoms with Crippen LogP contribution < -0.4 is 4.74 Å². The van der Waals surface area contributed by atoms with Gasteiger partial charge < -0.3 is 9.47 Å². The monoisotopic (exact) mass is 270 g/mol. The van der Waals surface area contributed by atoms with Crippen LogP contribution >= 0.6 is 15.9 Å². The van der Waals surface area contributed by atoms with Crippen molar-refractivity contribution in [3.8, 4) is 5.75 Å². The number of esters is 1. The van der Waals surface area contributed by atoms with Gasteiger partial charge in [-0.25, -0.2) is 4.79 Å². The first-order valence-corrected chi connectivity index (χ1v) is 5.56. The van der Waals surface area contributed by atoms with Crippen LogP contribution in [0.15, 0.2) is 16.6 Å². The molecular weight excluding hydrogens is 260 g/mol. The van der Waals surface area contributed by atoms with E-state index in [0.717, 1.165) is 28.6 Å². The second-order valence-electron chi connectivity index (χ2n) is 3.35. The molecule has 80 valence electrons. The van der Waals surface area contributed by atoms with Crippen LogP contribution in [0.25, 0.3) is 0 Å². The Balaban J connectivity index is 2.52. The van der Waals surface area contributed by atoms with E-state index in [1.54, 1.807) is 6.07 Å². The number of methoxy groups -OCH3 is 1. The van der Waals surface area contributed by atoms with Gasteiger partial charge >= 0.3 is 5.97 Å². The molecule has 0 unspecified atom stereocenters. The van der Waals surface area contributed by atoms with Crippen LogP contribution in [0.1, 0.15) is 22.3 Å². The van der Waals surface area contributed by atoms with Crippen molar-refractivity contribution in [2.24, 2.45) is 0 Å². The van der Waals surface area contributed by atoms with Gasteiger partial charge in [0.15, 0.2) is 0 Å². The summed E-state index contributed by atoms with van der Waals surface area (Å²) >= 11 is 3.41. The highest BCUT2D eigenvalue weighted by atomic mass is 79.9. The number of fused-ring (bicyclic) bond motifs is 1. The van der Waals surface area contributed by atoms with E-state index in [4.69, 9.17) is 9.47 Å². The van der Waals surface area contributed by atoms with Crippen molar-refractivity contribution in [3.63, 3.8) is 0 Å². The number of hydrogen-bond donors (Lipinski definition) is 0. The average molecular weight is 271 g/mol. The number of carbonyl (C=O) groups is 1. The van der Waals surface area contributed by atoms with E-state index in [2.05, 4.69) is 15.9 Å². The van der Waals surface area contributed by atoms with Gasteiger partial charge in [-0.1, -0.05) is 0 Å². The number of rotatable bonds is 1. The third-order valence-corrected chi connectivity index (χ3v) is 3.06. The lowest BCUT2D eigenvalue weighted by Gasteiger charge is -2.20. The maximum Gasteiger partial charge on any atom is 0.338 e. The fourth-order valence-corrected chi connectivity index (χ4v) is 2.21. The van der Waals surface area contributed by atoms with Crippen molar-refractivity contribution in [1.29, 1.82) is 0 Å². The van der Waals surface area contributed by atoms with Gasteiger partial charge in [0.1, 0.15) is 5.75 Å². The Morgan fingerprint density at radius 1 is 1.53 bits per heavy atom. The van der Waals surface area contributed by atoms with Crippen LogP contribution in [0.3, 0.4) is 0 Å². The van der Waals surface area contributed by atoms with Gasteiger partial charge in [-0.3, -0.25) is 0 Å². The first kappa shape index (κ1) is 10.5. The van der Waals surface area contributed by atoms with Crippen LogP contribution in [-0.2, 0) is 11.2 Å². The highest BCUT2D eigenvalue weighted by Gasteiger charge is 2.21. The molecule has 15 heavy (non-hydrogen) atoms. The van der Waals surface area contributed by atoms with E-state index in [9.17, 15) is 4.79 Å². The summed E-state index contributed by atoms with van der Waals surface area (Å²) in [6.45, 7) is 0.705. The topological polar surface area (TPSA) is 35.5 Å². The van der Waals surface area contributed by atoms with Crippen molar-refractivity contribution >= 4 is 21.9 Å². The molecule has 0 saturated carbocycles. The van der Waals surface area contributed by atoms with E-state index in [1.165, 1.54) is 7.11 Å². The molecule has 0 aliphatic carbocycles. The lowest BCUT2D eigenvalue weighted by atomic mass is 10.00. The van der Waals surface area contributed by atoms with Gasteiger partial charge in [-0.15, -0.1) is 0 Å². The van der Waals surface area contributed by atoms with Crippen LogP contribution in [0.4, 0.5) is 0 Å². The number of ether oxygens (including phenoxy) is 2. The van der Waals surface area contributed by atoms with Crippen molar-refractivity contribution in [2.75, 3.05) is 13.7 Å². The maximum absolute atomic E-state index is 11.5. The number of hydrogen-bond acceptors (Lipinski definition) is 3. The summed E-state index contributed by atoms with van der Waals surface area (Å²) in [4.78, 5) is 11.5. The number of carbonyl (C=O) groups excluding carboxylic acids is 1. The summed E-state index contributed by atoms with van der Waals surface area (Å²) in [5.41, 5.74) is 1.55. The molecule has 0 amide bonds. The van der Waals surface area contributed by atoms with Gasteiger partial charge in [-0.2, -0.15) is 0 Å². The van der Waals surface area contributed by atoms with Crippen LogP contribution in [-0.4, -0.2) is 19.7 Å². The fourth-order valence-electron chi connectivity index (χ4n) is 1.73. The van der Waals surface area contributed by atoms with E-state index in [0.29, 0.717) is 12.2 Å². The molecule has 0 saturated heterocycles. The molecular formula is C11H11BrO3. The Kier molecular flexibility index (Phi) is 2.95. The molecule has 1 aliphatic heterocycles. The minimum absolute atomic E-state index is 0.302. The summed E-state index contributed by atoms with van der Waals surface area (Å²) in [5, 5.41) is 0. The average Bonchev–Trinajstić information content (AvgIpc) is 2.29. The van der Waals surface area contributed by atoms with E-state index in [1.807, 2.05) is 6.07 Å². The van der Waals surface area contributed by atoms with Gasteiger partial charge in [0, 0.05) is 5.56 Å². The first-order chi connectivity index (χ1) is 7.24. The molecule has 0 radical (unpaired) electrons. The second kappa shape index (κ2) is 4.23. The number of halogens is 1. The molecule has 0 fully saturated rings. The Morgan fingerprint density at radius 3 is 3.07 bits per heavy atom. The van der Waals surface area contributed by atoms with Crippen LogP contribution in [0, 0.1) is 0 Å². The molecule has 0 aromatic heterocycles. The molecule has 1 aromatic rings. The summed E-state index contributed by atoms with van der Waals surface area (Å²) in [6, 6.07) is 3.58. The molecule has 0 spiro atoms. The summed E-state index contributed by atoms with van der Waals surface area (Å²) in [5.74, 6) is 0.480. The zero-order chi connectivity index (χ0) is 10.8. The predicted molar refractivity (Wildman–Crippen MR) is 59.3 cm³/mol. The van der Waals surface area contributed by atoms with Crippen LogP contribution in [0.5, 0.6) is 5.75 Å². The van der Waals surface area contributed by atoms with Gasteiger partial charge in [0.25, 0.3) is 0 Å². The highest BCUT2D eigenvalue weighted by molar-refractivity contribution is 9.10. The highest BCUT2D eigenvalue weighted by Crippen LogP contribution is 2.35. The van der Waals surface area contributed by atoms with Crippen molar-refractivity contribution in [2.45, 2.75) is 12.8 Å². The van der Waals surface area contributed by atoms with Crippen molar-refractivity contribution in [3.05, 3.63) is 27.7 Å². The van der Waals surface area contributed by atoms with Gasteiger partial charge in [-0.05, 0) is 40.9 Å². The Bertz CT molecular complexity index is 401. The molecule has 2 rings (SSSR count). The smallest absolute Gasteiger partial charge is 0.338 e. The largest absolute Gasteiger partial charge is 0.492 e. The summed E-state index contributed by atoms with van der Waals surface area (Å²) < 4.78 is 11.2. The molecule has 0 N–H and O–H groups in total. The summed E-state index contributed by atoms with van der Waals surface area (Å²) in [6.07, 6.45) is 1.80. The molecule has 1 heterocycles. The standard InChI is InChI=1S/C11H11BrO3/c1-14-11(13)8-4-5-9(12)10-7(8)3-2-6-15-10/h4-5H,2-3,6H2,1H3. The Labute approximate surface area is 96.5 Å². The lowest BCUT2D eigenvalue weighted by Crippen LogP contribution is -2.14.